The molecular formula is C16H24N2O7. The minimum absolute atomic E-state index is 0.176. The number of hydrogen-bond donors (Lipinski definition) is 4. The number of carboxylic acid groups (broad SMARTS) is 2. The minimum Gasteiger partial charge on any atom is -0.493 e. The average molecular weight is 356 g/mol. The molecule has 0 unspecified atom stereocenters. The first-order valence-electron chi connectivity index (χ1n) is 7.31. The molecule has 0 aliphatic rings. The van der Waals surface area contributed by atoms with Gasteiger partial charge in [-0.05, 0) is 24.6 Å². The number of nitrogens with one attached hydrogen (secondary N) is 1. The standard InChI is InChI=1S/C13H17NO5.C3H7NO2/c1-8(15)14-10(13(16)17)6-9-4-5-11(18-2)12(7-9)19-3;1-2(4)3(5)6/h4-5,7,10H,6H2,1-3H3,(H,14,15)(H,16,17);2H,4H2,1H3,(H,5,6)/t10-;2-/m10/s1. The molecule has 0 aliphatic heterocycles. The van der Waals surface area contributed by atoms with Crippen LogP contribution in [0.5, 0.6) is 11.5 Å². The molecule has 25 heavy (non-hydrogen) atoms. The second-order valence-corrected chi connectivity index (χ2v) is 5.11. The summed E-state index contributed by atoms with van der Waals surface area (Å²) < 4.78 is 10.2. The molecule has 5 N–H and O–H groups in total. The Morgan fingerprint density at radius 1 is 1.12 bits per heavy atom. The Balaban J connectivity index is 0.000000823. The van der Waals surface area contributed by atoms with Crippen molar-refractivity contribution in [2.75, 3.05) is 14.2 Å². The van der Waals surface area contributed by atoms with E-state index in [1.807, 2.05) is 0 Å². The van der Waals surface area contributed by atoms with Gasteiger partial charge in [-0.2, -0.15) is 0 Å². The van der Waals surface area contributed by atoms with Gasteiger partial charge in [0.1, 0.15) is 12.1 Å². The molecule has 0 saturated carbocycles. The predicted octanol–water partition coefficient (Wildman–Crippen LogP) is 0.254. The minimum atomic E-state index is -1.08. The van der Waals surface area contributed by atoms with E-state index in [4.69, 9.17) is 25.4 Å². The van der Waals surface area contributed by atoms with Crippen LogP contribution < -0.4 is 20.5 Å². The topological polar surface area (TPSA) is 148 Å². The van der Waals surface area contributed by atoms with E-state index in [1.165, 1.54) is 28.1 Å². The van der Waals surface area contributed by atoms with Crippen molar-refractivity contribution in [1.29, 1.82) is 0 Å². The Morgan fingerprint density at radius 3 is 2.00 bits per heavy atom. The number of methoxy groups -OCH3 is 2. The predicted molar refractivity (Wildman–Crippen MR) is 89.8 cm³/mol. The molecule has 0 bridgehead atoms. The van der Waals surface area contributed by atoms with Crippen LogP contribution in [-0.2, 0) is 20.8 Å². The number of ether oxygens (including phenoxy) is 2. The highest BCUT2D eigenvalue weighted by Crippen LogP contribution is 2.27. The summed E-state index contributed by atoms with van der Waals surface area (Å²) >= 11 is 0. The highest BCUT2D eigenvalue weighted by atomic mass is 16.5. The van der Waals surface area contributed by atoms with Crippen LogP contribution >= 0.6 is 0 Å². The van der Waals surface area contributed by atoms with Crippen LogP contribution in [0, 0.1) is 0 Å². The normalized spacial score (nSPS) is 12.0. The molecule has 1 aromatic carbocycles. The largest absolute Gasteiger partial charge is 0.493 e. The molecule has 9 nitrogen and oxygen atoms in total. The summed E-state index contributed by atoms with van der Waals surface area (Å²) in [6, 6.07) is 3.43. The lowest BCUT2D eigenvalue weighted by atomic mass is 10.1. The number of benzene rings is 1. The Kier molecular flexibility index (Phi) is 9.65. The molecule has 9 heteroatoms. The molecule has 0 spiro atoms. The molecule has 0 heterocycles. The van der Waals surface area contributed by atoms with Gasteiger partial charge >= 0.3 is 11.9 Å². The van der Waals surface area contributed by atoms with Gasteiger partial charge < -0.3 is 30.7 Å². The summed E-state index contributed by atoms with van der Waals surface area (Å²) in [6.45, 7) is 2.70. The first kappa shape index (κ1) is 22.2. The third kappa shape index (κ3) is 8.56. The van der Waals surface area contributed by atoms with E-state index >= 15 is 0 Å². The fourth-order valence-corrected chi connectivity index (χ4v) is 1.69. The average Bonchev–Trinajstić information content (AvgIpc) is 2.54. The monoisotopic (exact) mass is 356 g/mol. The van der Waals surface area contributed by atoms with Gasteiger partial charge in [0.15, 0.2) is 11.5 Å². The highest BCUT2D eigenvalue weighted by molar-refractivity contribution is 5.82. The number of carbonyl (C=O) groups is 3. The summed E-state index contributed by atoms with van der Waals surface area (Å²) in [5.74, 6) is -1.34. The Morgan fingerprint density at radius 2 is 1.64 bits per heavy atom. The van der Waals surface area contributed by atoms with Crippen molar-refractivity contribution in [2.45, 2.75) is 32.4 Å². The molecule has 1 amide bonds. The molecule has 0 aromatic heterocycles. The zero-order valence-electron chi connectivity index (χ0n) is 14.6. The number of carboxylic acids is 2. The molecule has 0 radical (unpaired) electrons. The second-order valence-electron chi connectivity index (χ2n) is 5.11. The van der Waals surface area contributed by atoms with E-state index < -0.39 is 24.0 Å². The van der Waals surface area contributed by atoms with E-state index in [2.05, 4.69) is 5.32 Å². The maximum Gasteiger partial charge on any atom is 0.326 e. The Bertz CT molecular complexity index is 602. The number of aliphatic carboxylic acids is 2. The zero-order valence-corrected chi connectivity index (χ0v) is 14.6. The van der Waals surface area contributed by atoms with Gasteiger partial charge in [0, 0.05) is 13.3 Å². The van der Waals surface area contributed by atoms with Crippen LogP contribution in [0.4, 0.5) is 0 Å². The maximum atomic E-state index is 11.0. The lowest BCUT2D eigenvalue weighted by Crippen LogP contribution is -2.41. The lowest BCUT2D eigenvalue weighted by molar-refractivity contribution is -0.141. The van der Waals surface area contributed by atoms with Crippen molar-refractivity contribution >= 4 is 17.8 Å². The van der Waals surface area contributed by atoms with Crippen LogP contribution in [0.25, 0.3) is 0 Å². The molecule has 0 saturated heterocycles. The number of carbonyl (C=O) groups excluding carboxylic acids is 1. The second kappa shape index (κ2) is 10.9. The third-order valence-electron chi connectivity index (χ3n) is 2.95. The fourth-order valence-electron chi connectivity index (χ4n) is 1.69. The molecule has 1 aromatic rings. The Labute approximate surface area is 145 Å². The highest BCUT2D eigenvalue weighted by Gasteiger charge is 2.19. The molecule has 1 rings (SSSR count). The van der Waals surface area contributed by atoms with E-state index in [0.29, 0.717) is 11.5 Å². The van der Waals surface area contributed by atoms with Crippen molar-refractivity contribution in [2.24, 2.45) is 5.73 Å². The maximum absolute atomic E-state index is 11.0. The van der Waals surface area contributed by atoms with Gasteiger partial charge in [0.2, 0.25) is 5.91 Å². The summed E-state index contributed by atoms with van der Waals surface area (Å²) in [5, 5.41) is 19.3. The molecule has 0 aliphatic carbocycles. The van der Waals surface area contributed by atoms with Crippen molar-refractivity contribution in [3.63, 3.8) is 0 Å². The van der Waals surface area contributed by atoms with Gasteiger partial charge in [-0.15, -0.1) is 0 Å². The summed E-state index contributed by atoms with van der Waals surface area (Å²) in [7, 11) is 3.03. The SMILES string of the molecule is COc1ccc(C[C@@H](NC(C)=O)C(=O)O)cc1OC.C[C@H](N)C(=O)O. The molecule has 0 fully saturated rings. The molecule has 140 valence electrons. The fraction of sp³-hybridized carbons (Fsp3) is 0.438. The lowest BCUT2D eigenvalue weighted by Gasteiger charge is -2.14. The summed E-state index contributed by atoms with van der Waals surface area (Å²) in [6.07, 6.45) is 0.176. The number of nitrogens with two attached hydrogens (primary N) is 1. The van der Waals surface area contributed by atoms with Gasteiger partial charge in [0.25, 0.3) is 0 Å². The van der Waals surface area contributed by atoms with Crippen molar-refractivity contribution < 1.29 is 34.1 Å². The van der Waals surface area contributed by atoms with Crippen molar-refractivity contribution in [1.82, 2.24) is 5.32 Å². The Hall–Kier alpha value is -2.81. The van der Waals surface area contributed by atoms with E-state index in [-0.39, 0.29) is 12.3 Å². The van der Waals surface area contributed by atoms with Crippen LogP contribution in [0.2, 0.25) is 0 Å². The van der Waals surface area contributed by atoms with Gasteiger partial charge in [-0.1, -0.05) is 6.07 Å². The first-order valence-corrected chi connectivity index (χ1v) is 7.31. The van der Waals surface area contributed by atoms with Gasteiger partial charge in [0.05, 0.1) is 14.2 Å². The van der Waals surface area contributed by atoms with Crippen LogP contribution in [-0.4, -0.2) is 54.4 Å². The van der Waals surface area contributed by atoms with Crippen molar-refractivity contribution in [3.05, 3.63) is 23.8 Å². The van der Waals surface area contributed by atoms with Crippen LogP contribution in [0.1, 0.15) is 19.4 Å². The molecular weight excluding hydrogens is 332 g/mol. The number of rotatable bonds is 7. The van der Waals surface area contributed by atoms with E-state index in [0.717, 1.165) is 5.56 Å². The number of hydrogen-bond acceptors (Lipinski definition) is 6. The van der Waals surface area contributed by atoms with Gasteiger partial charge in [-0.3, -0.25) is 9.59 Å². The van der Waals surface area contributed by atoms with E-state index in [9.17, 15) is 14.4 Å². The zero-order chi connectivity index (χ0) is 19.6. The van der Waals surface area contributed by atoms with E-state index in [1.54, 1.807) is 18.2 Å². The first-order chi connectivity index (χ1) is 11.6. The summed E-state index contributed by atoms with van der Waals surface area (Å²) in [5.41, 5.74) is 5.57. The summed E-state index contributed by atoms with van der Waals surface area (Å²) in [4.78, 5) is 31.6. The van der Waals surface area contributed by atoms with Crippen LogP contribution in [0.3, 0.4) is 0 Å². The smallest absolute Gasteiger partial charge is 0.326 e. The number of amides is 1. The molecule has 2 atom stereocenters. The quantitative estimate of drug-likeness (QED) is 0.543. The third-order valence-corrected chi connectivity index (χ3v) is 2.95. The van der Waals surface area contributed by atoms with Crippen molar-refractivity contribution in [3.8, 4) is 11.5 Å². The van der Waals surface area contributed by atoms with Crippen LogP contribution in [0.15, 0.2) is 18.2 Å². The van der Waals surface area contributed by atoms with Gasteiger partial charge in [-0.25, -0.2) is 4.79 Å².